The third kappa shape index (κ3) is 4.00. The number of aryl methyl sites for hydroxylation is 1. The first-order valence-electron chi connectivity index (χ1n) is 7.75. The van der Waals surface area contributed by atoms with E-state index in [2.05, 4.69) is 55.2 Å². The lowest BCUT2D eigenvalue weighted by atomic mass is 9.88. The standard InChI is InChI=1S/C17H27NS/c1-3-18-17-15(12-13-19-4-2)10-7-9-14-8-5-6-11-16(14)17/h5-6,8,11,15,17-18H,3-4,7,9-10,12-13H2,1-2H3. The van der Waals surface area contributed by atoms with Crippen LogP contribution in [0, 0.1) is 5.92 Å². The molecule has 1 N–H and O–H groups in total. The van der Waals surface area contributed by atoms with Crippen LogP contribution in [-0.4, -0.2) is 18.1 Å². The number of nitrogens with one attached hydrogen (secondary N) is 1. The van der Waals surface area contributed by atoms with E-state index in [1.54, 1.807) is 11.1 Å². The van der Waals surface area contributed by atoms with Crippen molar-refractivity contribution in [3.05, 3.63) is 35.4 Å². The minimum absolute atomic E-state index is 0.571. The Bertz CT molecular complexity index is 377. The SMILES string of the molecule is CCNC1c2ccccc2CCCC1CCSCC. The molecule has 1 aliphatic carbocycles. The fourth-order valence-electron chi connectivity index (χ4n) is 3.23. The van der Waals surface area contributed by atoms with Gasteiger partial charge in [0.05, 0.1) is 0 Å². The summed E-state index contributed by atoms with van der Waals surface area (Å²) in [7, 11) is 0. The molecule has 2 unspecified atom stereocenters. The van der Waals surface area contributed by atoms with Crippen molar-refractivity contribution in [1.82, 2.24) is 5.32 Å². The summed E-state index contributed by atoms with van der Waals surface area (Å²) in [5.74, 6) is 3.36. The Morgan fingerprint density at radius 2 is 2.11 bits per heavy atom. The van der Waals surface area contributed by atoms with Gasteiger partial charge in [0, 0.05) is 6.04 Å². The second-order valence-corrected chi connectivity index (χ2v) is 6.77. The summed E-state index contributed by atoms with van der Waals surface area (Å²) in [5.41, 5.74) is 3.13. The Morgan fingerprint density at radius 3 is 2.89 bits per heavy atom. The molecule has 0 aromatic heterocycles. The zero-order valence-corrected chi connectivity index (χ0v) is 13.1. The van der Waals surface area contributed by atoms with E-state index < -0.39 is 0 Å². The molecule has 1 aromatic carbocycles. The predicted molar refractivity (Wildman–Crippen MR) is 86.9 cm³/mol. The third-order valence-corrected chi connectivity index (χ3v) is 5.08. The van der Waals surface area contributed by atoms with Gasteiger partial charge in [-0.3, -0.25) is 0 Å². The molecule has 0 fully saturated rings. The lowest BCUT2D eigenvalue weighted by molar-refractivity contribution is 0.341. The van der Waals surface area contributed by atoms with Gasteiger partial charge in [-0.15, -0.1) is 0 Å². The van der Waals surface area contributed by atoms with E-state index in [9.17, 15) is 0 Å². The van der Waals surface area contributed by atoms with Crippen LogP contribution in [0.2, 0.25) is 0 Å². The van der Waals surface area contributed by atoms with Crippen molar-refractivity contribution >= 4 is 11.8 Å². The molecule has 106 valence electrons. The van der Waals surface area contributed by atoms with Crippen LogP contribution >= 0.6 is 11.8 Å². The Kier molecular flexibility index (Phi) is 6.25. The van der Waals surface area contributed by atoms with Gasteiger partial charge in [0.25, 0.3) is 0 Å². The molecular weight excluding hydrogens is 250 g/mol. The zero-order chi connectivity index (χ0) is 13.5. The fourth-order valence-corrected chi connectivity index (χ4v) is 3.99. The molecule has 0 aliphatic heterocycles. The van der Waals surface area contributed by atoms with Crippen LogP contribution in [0.4, 0.5) is 0 Å². The molecular formula is C17H27NS. The molecule has 1 aromatic rings. The summed E-state index contributed by atoms with van der Waals surface area (Å²) in [5, 5.41) is 3.75. The number of fused-ring (bicyclic) bond motifs is 1. The Balaban J connectivity index is 2.14. The molecule has 0 saturated carbocycles. The van der Waals surface area contributed by atoms with E-state index >= 15 is 0 Å². The second kappa shape index (κ2) is 7.96. The highest BCUT2D eigenvalue weighted by atomic mass is 32.2. The van der Waals surface area contributed by atoms with Crippen LogP contribution in [-0.2, 0) is 6.42 Å². The third-order valence-electron chi connectivity index (χ3n) is 4.14. The van der Waals surface area contributed by atoms with Crippen LogP contribution in [0.1, 0.15) is 50.3 Å². The molecule has 0 saturated heterocycles. The highest BCUT2D eigenvalue weighted by Gasteiger charge is 2.26. The summed E-state index contributed by atoms with van der Waals surface area (Å²) >= 11 is 2.08. The van der Waals surface area contributed by atoms with Crippen molar-refractivity contribution in [3.8, 4) is 0 Å². The maximum absolute atomic E-state index is 3.75. The van der Waals surface area contributed by atoms with Crippen molar-refractivity contribution in [3.63, 3.8) is 0 Å². The van der Waals surface area contributed by atoms with Crippen LogP contribution in [0.15, 0.2) is 24.3 Å². The number of hydrogen-bond acceptors (Lipinski definition) is 2. The van der Waals surface area contributed by atoms with E-state index in [1.165, 1.54) is 37.2 Å². The molecule has 0 bridgehead atoms. The molecule has 2 heteroatoms. The van der Waals surface area contributed by atoms with Gasteiger partial charge in [-0.1, -0.05) is 38.1 Å². The maximum Gasteiger partial charge on any atom is 0.0351 e. The van der Waals surface area contributed by atoms with Gasteiger partial charge in [-0.2, -0.15) is 11.8 Å². The van der Waals surface area contributed by atoms with E-state index in [0.717, 1.165) is 12.5 Å². The Morgan fingerprint density at radius 1 is 1.26 bits per heavy atom. The van der Waals surface area contributed by atoms with Gasteiger partial charge in [0.15, 0.2) is 0 Å². The van der Waals surface area contributed by atoms with Crippen LogP contribution in [0.3, 0.4) is 0 Å². The Labute approximate surface area is 122 Å². The maximum atomic E-state index is 3.75. The lowest BCUT2D eigenvalue weighted by Crippen LogP contribution is -2.28. The van der Waals surface area contributed by atoms with Gasteiger partial charge in [-0.05, 0) is 60.8 Å². The summed E-state index contributed by atoms with van der Waals surface area (Å²) in [4.78, 5) is 0. The van der Waals surface area contributed by atoms with Crippen LogP contribution in [0.25, 0.3) is 0 Å². The van der Waals surface area contributed by atoms with E-state index in [-0.39, 0.29) is 0 Å². The van der Waals surface area contributed by atoms with Gasteiger partial charge in [0.1, 0.15) is 0 Å². The first-order valence-corrected chi connectivity index (χ1v) is 8.91. The first kappa shape index (κ1) is 14.9. The highest BCUT2D eigenvalue weighted by Crippen LogP contribution is 2.35. The quantitative estimate of drug-likeness (QED) is 0.609. The first-order chi connectivity index (χ1) is 9.36. The van der Waals surface area contributed by atoms with E-state index in [4.69, 9.17) is 0 Å². The molecule has 19 heavy (non-hydrogen) atoms. The number of rotatable bonds is 6. The molecule has 0 spiro atoms. The number of hydrogen-bond donors (Lipinski definition) is 1. The number of thioether (sulfide) groups is 1. The molecule has 1 aliphatic rings. The van der Waals surface area contributed by atoms with Gasteiger partial charge in [-0.25, -0.2) is 0 Å². The van der Waals surface area contributed by atoms with Crippen LogP contribution in [0.5, 0.6) is 0 Å². The summed E-state index contributed by atoms with van der Waals surface area (Å²) in [6.45, 7) is 5.55. The minimum Gasteiger partial charge on any atom is -0.310 e. The summed E-state index contributed by atoms with van der Waals surface area (Å²) in [6.07, 6.45) is 5.33. The van der Waals surface area contributed by atoms with Gasteiger partial charge in [0.2, 0.25) is 0 Å². The normalized spacial score (nSPS) is 22.8. The van der Waals surface area contributed by atoms with Crippen molar-refractivity contribution in [2.75, 3.05) is 18.1 Å². The molecule has 0 amide bonds. The average molecular weight is 277 g/mol. The van der Waals surface area contributed by atoms with Crippen LogP contribution < -0.4 is 5.32 Å². The van der Waals surface area contributed by atoms with E-state index in [0.29, 0.717) is 6.04 Å². The average Bonchev–Trinajstić information content (AvgIpc) is 2.60. The molecule has 1 nitrogen and oxygen atoms in total. The molecule has 2 rings (SSSR count). The fraction of sp³-hybridized carbons (Fsp3) is 0.647. The lowest BCUT2D eigenvalue weighted by Gasteiger charge is -2.27. The second-order valence-electron chi connectivity index (χ2n) is 5.37. The summed E-state index contributed by atoms with van der Waals surface area (Å²) < 4.78 is 0. The largest absolute Gasteiger partial charge is 0.310 e. The molecule has 0 heterocycles. The highest BCUT2D eigenvalue weighted by molar-refractivity contribution is 7.99. The topological polar surface area (TPSA) is 12.0 Å². The van der Waals surface area contributed by atoms with Crippen molar-refractivity contribution in [1.29, 1.82) is 0 Å². The Hall–Kier alpha value is -0.470. The number of benzene rings is 1. The van der Waals surface area contributed by atoms with Gasteiger partial charge < -0.3 is 5.32 Å². The molecule has 0 radical (unpaired) electrons. The molecule has 2 atom stereocenters. The monoisotopic (exact) mass is 277 g/mol. The van der Waals surface area contributed by atoms with E-state index in [1.807, 2.05) is 0 Å². The smallest absolute Gasteiger partial charge is 0.0351 e. The minimum atomic E-state index is 0.571. The predicted octanol–water partition coefficient (Wildman–Crippen LogP) is 4.43. The van der Waals surface area contributed by atoms with Crippen molar-refractivity contribution in [2.24, 2.45) is 5.92 Å². The summed E-state index contributed by atoms with van der Waals surface area (Å²) in [6, 6.07) is 9.62. The van der Waals surface area contributed by atoms with Crippen molar-refractivity contribution < 1.29 is 0 Å². The van der Waals surface area contributed by atoms with Crippen molar-refractivity contribution in [2.45, 2.75) is 45.6 Å². The van der Waals surface area contributed by atoms with Gasteiger partial charge >= 0.3 is 0 Å². The zero-order valence-electron chi connectivity index (χ0n) is 12.3.